The zero-order valence-electron chi connectivity index (χ0n) is 20.4. The highest BCUT2D eigenvalue weighted by molar-refractivity contribution is 6.35. The Hall–Kier alpha value is -2.77. The highest BCUT2D eigenvalue weighted by Crippen LogP contribution is 2.42. The number of ether oxygens (including phenoxy) is 1. The summed E-state index contributed by atoms with van der Waals surface area (Å²) in [7, 11) is 3.91. The number of hydrogen-bond donors (Lipinski definition) is 0. The number of pyridine rings is 1. The SMILES string of the molecule is CCC1Cc2c(nn(C)c2-c2cc(Cl)cc(Cl)c2)C(CC)N1C(=O)c1cnc2c(c1)OCCN2C. The van der Waals surface area contributed by atoms with Crippen LogP contribution in [0.1, 0.15) is 54.3 Å². The first-order valence-electron chi connectivity index (χ1n) is 12.0. The molecule has 5 rings (SSSR count). The molecule has 7 nitrogen and oxygen atoms in total. The van der Waals surface area contributed by atoms with E-state index in [0.717, 1.165) is 47.7 Å². The van der Waals surface area contributed by atoms with E-state index in [9.17, 15) is 4.79 Å². The molecule has 0 fully saturated rings. The third-order valence-electron chi connectivity index (χ3n) is 7.02. The zero-order chi connectivity index (χ0) is 24.9. The fourth-order valence-corrected chi connectivity index (χ4v) is 5.89. The minimum absolute atomic E-state index is 0.0252. The van der Waals surface area contributed by atoms with Gasteiger partial charge in [0.1, 0.15) is 6.61 Å². The molecular weight excluding hydrogens is 485 g/mol. The first-order valence-corrected chi connectivity index (χ1v) is 12.8. The van der Waals surface area contributed by atoms with Crippen molar-refractivity contribution in [1.82, 2.24) is 19.7 Å². The van der Waals surface area contributed by atoms with Crippen LogP contribution in [0.25, 0.3) is 11.3 Å². The Kier molecular flexibility index (Phi) is 6.40. The Morgan fingerprint density at radius 2 is 1.86 bits per heavy atom. The molecular formula is C26H29Cl2N5O2. The average molecular weight is 514 g/mol. The lowest BCUT2D eigenvalue weighted by molar-refractivity contribution is 0.0512. The molecule has 0 bridgehead atoms. The van der Waals surface area contributed by atoms with Gasteiger partial charge in [-0.3, -0.25) is 9.48 Å². The van der Waals surface area contributed by atoms with Gasteiger partial charge >= 0.3 is 0 Å². The molecule has 1 amide bonds. The van der Waals surface area contributed by atoms with Gasteiger partial charge in [-0.25, -0.2) is 4.98 Å². The number of fused-ring (bicyclic) bond motifs is 2. The van der Waals surface area contributed by atoms with E-state index in [-0.39, 0.29) is 18.0 Å². The van der Waals surface area contributed by atoms with E-state index in [1.54, 1.807) is 12.3 Å². The van der Waals surface area contributed by atoms with Crippen molar-refractivity contribution in [3.8, 4) is 17.0 Å². The second-order valence-corrected chi connectivity index (χ2v) is 10.1. The summed E-state index contributed by atoms with van der Waals surface area (Å²) in [6.07, 6.45) is 3.95. The molecule has 4 heterocycles. The van der Waals surface area contributed by atoms with Gasteiger partial charge in [-0.1, -0.05) is 37.0 Å². The molecule has 2 unspecified atom stereocenters. The van der Waals surface area contributed by atoms with Crippen molar-refractivity contribution in [3.63, 3.8) is 0 Å². The van der Waals surface area contributed by atoms with Gasteiger partial charge in [-0.05, 0) is 43.5 Å². The van der Waals surface area contributed by atoms with Gasteiger partial charge in [0.2, 0.25) is 0 Å². The molecule has 184 valence electrons. The Bertz CT molecular complexity index is 1270. The van der Waals surface area contributed by atoms with Crippen LogP contribution < -0.4 is 9.64 Å². The maximum absolute atomic E-state index is 13.9. The van der Waals surface area contributed by atoms with Crippen molar-refractivity contribution in [2.45, 2.75) is 45.2 Å². The van der Waals surface area contributed by atoms with Crippen LogP contribution in [0, 0.1) is 0 Å². The van der Waals surface area contributed by atoms with E-state index in [0.29, 0.717) is 34.4 Å². The number of amides is 1. The van der Waals surface area contributed by atoms with Crippen LogP contribution in [-0.4, -0.2) is 51.8 Å². The van der Waals surface area contributed by atoms with Crippen molar-refractivity contribution in [3.05, 3.63) is 57.3 Å². The number of aromatic nitrogens is 3. The number of rotatable bonds is 4. The number of aryl methyl sites for hydroxylation is 1. The number of carbonyl (C=O) groups is 1. The van der Waals surface area contributed by atoms with E-state index in [1.165, 1.54) is 0 Å². The van der Waals surface area contributed by atoms with Crippen LogP contribution in [0.4, 0.5) is 5.82 Å². The van der Waals surface area contributed by atoms with Gasteiger partial charge in [-0.2, -0.15) is 5.10 Å². The summed E-state index contributed by atoms with van der Waals surface area (Å²) in [5, 5.41) is 6.07. The topological polar surface area (TPSA) is 63.5 Å². The number of carbonyl (C=O) groups excluding carboxylic acids is 1. The van der Waals surface area contributed by atoms with E-state index >= 15 is 0 Å². The van der Waals surface area contributed by atoms with E-state index in [2.05, 4.69) is 18.8 Å². The molecule has 2 atom stereocenters. The summed E-state index contributed by atoms with van der Waals surface area (Å²) in [6.45, 7) is 5.58. The normalized spacial score (nSPS) is 19.3. The predicted molar refractivity (Wildman–Crippen MR) is 139 cm³/mol. The van der Waals surface area contributed by atoms with Gasteiger partial charge in [0, 0.05) is 47.5 Å². The Morgan fingerprint density at radius 3 is 2.54 bits per heavy atom. The fourth-order valence-electron chi connectivity index (χ4n) is 5.36. The maximum atomic E-state index is 13.9. The van der Waals surface area contributed by atoms with Gasteiger partial charge in [0.05, 0.1) is 29.5 Å². The molecule has 0 radical (unpaired) electrons. The van der Waals surface area contributed by atoms with E-state index in [1.807, 2.05) is 46.8 Å². The molecule has 9 heteroatoms. The van der Waals surface area contributed by atoms with Gasteiger partial charge in [0.25, 0.3) is 5.91 Å². The second kappa shape index (κ2) is 9.36. The minimum atomic E-state index is -0.148. The number of benzene rings is 1. The van der Waals surface area contributed by atoms with Crippen LogP contribution in [0.3, 0.4) is 0 Å². The number of nitrogens with zero attached hydrogens (tertiary/aromatic N) is 5. The largest absolute Gasteiger partial charge is 0.488 e. The predicted octanol–water partition coefficient (Wildman–Crippen LogP) is 5.55. The maximum Gasteiger partial charge on any atom is 0.256 e. The van der Waals surface area contributed by atoms with Crippen LogP contribution in [-0.2, 0) is 13.5 Å². The van der Waals surface area contributed by atoms with Crippen molar-refractivity contribution in [1.29, 1.82) is 0 Å². The molecule has 2 aromatic heterocycles. The van der Waals surface area contributed by atoms with Crippen LogP contribution in [0.2, 0.25) is 10.0 Å². The average Bonchev–Trinajstić information content (AvgIpc) is 3.17. The summed E-state index contributed by atoms with van der Waals surface area (Å²) in [6, 6.07) is 7.27. The van der Waals surface area contributed by atoms with Gasteiger partial charge < -0.3 is 14.5 Å². The Balaban J connectivity index is 1.56. The van der Waals surface area contributed by atoms with Crippen molar-refractivity contribution < 1.29 is 9.53 Å². The lowest BCUT2D eigenvalue weighted by Gasteiger charge is -2.41. The molecule has 0 saturated heterocycles. The molecule has 3 aromatic rings. The van der Waals surface area contributed by atoms with Crippen molar-refractivity contribution in [2.24, 2.45) is 7.05 Å². The molecule has 35 heavy (non-hydrogen) atoms. The lowest BCUT2D eigenvalue weighted by atomic mass is 9.87. The minimum Gasteiger partial charge on any atom is -0.488 e. The van der Waals surface area contributed by atoms with Crippen LogP contribution in [0.5, 0.6) is 5.75 Å². The Labute approximate surface area is 215 Å². The first kappa shape index (κ1) is 23.9. The molecule has 2 aliphatic heterocycles. The van der Waals surface area contributed by atoms with Gasteiger partial charge in [0.15, 0.2) is 11.6 Å². The monoisotopic (exact) mass is 513 g/mol. The number of likely N-dealkylation sites (N-methyl/N-ethyl adjacent to an activating group) is 1. The summed E-state index contributed by atoms with van der Waals surface area (Å²) in [5.41, 5.74) is 4.56. The van der Waals surface area contributed by atoms with E-state index in [4.69, 9.17) is 33.0 Å². The van der Waals surface area contributed by atoms with Crippen LogP contribution in [0.15, 0.2) is 30.5 Å². The quantitative estimate of drug-likeness (QED) is 0.457. The number of halogens is 2. The third-order valence-corrected chi connectivity index (χ3v) is 7.45. The highest BCUT2D eigenvalue weighted by Gasteiger charge is 2.40. The van der Waals surface area contributed by atoms with Crippen LogP contribution >= 0.6 is 23.2 Å². The number of anilines is 1. The summed E-state index contributed by atoms with van der Waals surface area (Å²) < 4.78 is 7.70. The molecule has 0 spiro atoms. The number of hydrogen-bond acceptors (Lipinski definition) is 5. The van der Waals surface area contributed by atoms with Crippen molar-refractivity contribution in [2.75, 3.05) is 25.1 Å². The molecule has 0 saturated carbocycles. The standard InChI is InChI=1S/C26H29Cl2N5O2/c1-5-19-13-20-23(30-32(4)24(20)15-9-17(27)12-18(28)10-15)21(6-2)33(19)26(34)16-11-22-25(29-14-16)31(3)7-8-35-22/h9-12,14,19,21H,5-8,13H2,1-4H3. The summed E-state index contributed by atoms with van der Waals surface area (Å²) >= 11 is 12.6. The first-order chi connectivity index (χ1) is 16.8. The van der Waals surface area contributed by atoms with E-state index < -0.39 is 0 Å². The smallest absolute Gasteiger partial charge is 0.256 e. The molecule has 0 aliphatic carbocycles. The highest BCUT2D eigenvalue weighted by atomic mass is 35.5. The molecule has 0 N–H and O–H groups in total. The second-order valence-electron chi connectivity index (χ2n) is 9.21. The summed E-state index contributed by atoms with van der Waals surface area (Å²) in [5.74, 6) is 1.38. The van der Waals surface area contributed by atoms with Gasteiger partial charge in [-0.15, -0.1) is 0 Å². The van der Waals surface area contributed by atoms with Crippen molar-refractivity contribution >= 4 is 34.9 Å². The molecule has 2 aliphatic rings. The summed E-state index contributed by atoms with van der Waals surface area (Å²) in [4.78, 5) is 22.5. The fraction of sp³-hybridized carbons (Fsp3) is 0.423. The third kappa shape index (κ3) is 4.15. The zero-order valence-corrected chi connectivity index (χ0v) is 21.9. The molecule has 1 aromatic carbocycles. The Morgan fingerprint density at radius 1 is 1.11 bits per heavy atom. The lowest BCUT2D eigenvalue weighted by Crippen LogP contribution is -2.47.